The molecule has 0 spiro atoms. The topological polar surface area (TPSA) is 55.6 Å². The number of nitrogens with zero attached hydrogens (tertiary/aromatic N) is 1. The minimum atomic E-state index is -0.336. The minimum Gasteiger partial charge on any atom is -0.484 e. The largest absolute Gasteiger partial charge is 0.484 e. The molecule has 0 aliphatic heterocycles. The second-order valence-electron chi connectivity index (χ2n) is 5.19. The summed E-state index contributed by atoms with van der Waals surface area (Å²) in [6.45, 7) is 1.55. The molecule has 24 heavy (non-hydrogen) atoms. The number of amides is 1. The van der Waals surface area contributed by atoms with Crippen molar-refractivity contribution in [3.8, 4) is 5.75 Å². The Morgan fingerprint density at radius 2 is 1.75 bits per heavy atom. The Kier molecular flexibility index (Phi) is 8.83. The summed E-state index contributed by atoms with van der Waals surface area (Å²) >= 11 is 0. The summed E-state index contributed by atoms with van der Waals surface area (Å²) in [6, 6.07) is 15.4. The van der Waals surface area contributed by atoms with Crippen molar-refractivity contribution in [1.82, 2.24) is 4.90 Å². The third kappa shape index (κ3) is 6.56. The molecule has 2 aromatic rings. The number of carbonyl (C=O) groups is 1. The fourth-order valence-corrected chi connectivity index (χ4v) is 2.15. The first-order chi connectivity index (χ1) is 11.2. The zero-order valence-corrected chi connectivity index (χ0v) is 14.2. The highest BCUT2D eigenvalue weighted by atomic mass is 35.5. The Morgan fingerprint density at radius 3 is 2.38 bits per heavy atom. The SMILES string of the molecule is Cl.NCCCN(Cc1ccccc1)C(=O)COc1ccc(F)cc1. The number of rotatable bonds is 8. The van der Waals surface area contributed by atoms with Gasteiger partial charge in [-0.1, -0.05) is 30.3 Å². The van der Waals surface area contributed by atoms with Crippen molar-refractivity contribution in [1.29, 1.82) is 0 Å². The van der Waals surface area contributed by atoms with Crippen LogP contribution in [0.3, 0.4) is 0 Å². The Morgan fingerprint density at radius 1 is 1.08 bits per heavy atom. The van der Waals surface area contributed by atoms with Crippen molar-refractivity contribution in [3.05, 3.63) is 66.0 Å². The lowest BCUT2D eigenvalue weighted by Crippen LogP contribution is -2.36. The van der Waals surface area contributed by atoms with E-state index >= 15 is 0 Å². The second-order valence-corrected chi connectivity index (χ2v) is 5.19. The van der Waals surface area contributed by atoms with Crippen LogP contribution in [0.4, 0.5) is 4.39 Å². The average molecular weight is 353 g/mol. The first-order valence-corrected chi connectivity index (χ1v) is 7.59. The maximum Gasteiger partial charge on any atom is 0.260 e. The van der Waals surface area contributed by atoms with E-state index in [1.54, 1.807) is 4.90 Å². The van der Waals surface area contributed by atoms with E-state index in [1.165, 1.54) is 24.3 Å². The van der Waals surface area contributed by atoms with Crippen molar-refractivity contribution in [2.75, 3.05) is 19.7 Å². The van der Waals surface area contributed by atoms with Gasteiger partial charge < -0.3 is 15.4 Å². The van der Waals surface area contributed by atoms with E-state index in [0.29, 0.717) is 25.4 Å². The zero-order valence-electron chi connectivity index (χ0n) is 13.4. The molecule has 4 nitrogen and oxygen atoms in total. The molecule has 2 N–H and O–H groups in total. The van der Waals surface area contributed by atoms with Gasteiger partial charge in [-0.2, -0.15) is 0 Å². The Bertz CT molecular complexity index is 608. The molecule has 0 saturated carbocycles. The zero-order chi connectivity index (χ0) is 16.5. The predicted molar refractivity (Wildman–Crippen MR) is 94.7 cm³/mol. The summed E-state index contributed by atoms with van der Waals surface area (Å²) in [4.78, 5) is 14.1. The molecule has 0 saturated heterocycles. The van der Waals surface area contributed by atoms with Crippen molar-refractivity contribution in [2.45, 2.75) is 13.0 Å². The van der Waals surface area contributed by atoms with Crippen LogP contribution in [0, 0.1) is 5.82 Å². The molecule has 0 bridgehead atoms. The molecule has 130 valence electrons. The average Bonchev–Trinajstić information content (AvgIpc) is 2.58. The van der Waals surface area contributed by atoms with Gasteiger partial charge in [-0.3, -0.25) is 4.79 Å². The van der Waals surface area contributed by atoms with E-state index in [4.69, 9.17) is 10.5 Å². The van der Waals surface area contributed by atoms with E-state index in [1.807, 2.05) is 30.3 Å². The van der Waals surface area contributed by atoms with Crippen molar-refractivity contribution >= 4 is 18.3 Å². The van der Waals surface area contributed by atoms with E-state index < -0.39 is 0 Å². The summed E-state index contributed by atoms with van der Waals surface area (Å²) in [5.74, 6) is 0.0159. The quantitative estimate of drug-likeness (QED) is 0.794. The Labute approximate surface area is 147 Å². The third-order valence-electron chi connectivity index (χ3n) is 3.38. The molecular weight excluding hydrogens is 331 g/mol. The molecule has 1 amide bonds. The molecule has 0 unspecified atom stereocenters. The summed E-state index contributed by atoms with van der Waals surface area (Å²) in [5.41, 5.74) is 6.60. The number of ether oxygens (including phenoxy) is 1. The molecule has 0 aliphatic rings. The fourth-order valence-electron chi connectivity index (χ4n) is 2.15. The highest BCUT2D eigenvalue weighted by Crippen LogP contribution is 2.12. The van der Waals surface area contributed by atoms with Crippen LogP contribution in [0.2, 0.25) is 0 Å². The standard InChI is InChI=1S/C18H21FN2O2.ClH/c19-16-7-9-17(10-8-16)23-14-18(22)21(12-4-11-20)13-15-5-2-1-3-6-15;/h1-3,5-10H,4,11-14,20H2;1H. The van der Waals surface area contributed by atoms with Gasteiger partial charge in [-0.15, -0.1) is 12.4 Å². The molecule has 2 aromatic carbocycles. The molecule has 0 aliphatic carbocycles. The number of hydrogen-bond donors (Lipinski definition) is 1. The lowest BCUT2D eigenvalue weighted by Gasteiger charge is -2.22. The van der Waals surface area contributed by atoms with Gasteiger partial charge >= 0.3 is 0 Å². The van der Waals surface area contributed by atoms with Gasteiger partial charge in [0.2, 0.25) is 0 Å². The molecule has 0 aromatic heterocycles. The number of nitrogens with two attached hydrogens (primary N) is 1. The summed E-state index contributed by atoms with van der Waals surface area (Å²) in [5, 5.41) is 0. The van der Waals surface area contributed by atoms with Crippen LogP contribution in [0.5, 0.6) is 5.75 Å². The van der Waals surface area contributed by atoms with Crippen LogP contribution in [0.15, 0.2) is 54.6 Å². The Hall–Kier alpha value is -2.11. The van der Waals surface area contributed by atoms with Gasteiger partial charge in [0.05, 0.1) is 0 Å². The highest BCUT2D eigenvalue weighted by Gasteiger charge is 2.14. The lowest BCUT2D eigenvalue weighted by atomic mass is 10.2. The van der Waals surface area contributed by atoms with Gasteiger partial charge in [0.25, 0.3) is 5.91 Å². The normalized spacial score (nSPS) is 9.92. The van der Waals surface area contributed by atoms with Crippen LogP contribution in [0.1, 0.15) is 12.0 Å². The molecule has 0 atom stereocenters. The summed E-state index contributed by atoms with van der Waals surface area (Å²) in [6.07, 6.45) is 0.731. The van der Waals surface area contributed by atoms with Crippen LogP contribution < -0.4 is 10.5 Å². The lowest BCUT2D eigenvalue weighted by molar-refractivity contribution is -0.134. The van der Waals surface area contributed by atoms with Crippen LogP contribution in [-0.2, 0) is 11.3 Å². The van der Waals surface area contributed by atoms with Gasteiger partial charge in [0, 0.05) is 13.1 Å². The van der Waals surface area contributed by atoms with Crippen molar-refractivity contribution < 1.29 is 13.9 Å². The van der Waals surface area contributed by atoms with Gasteiger partial charge in [0.15, 0.2) is 6.61 Å². The molecule has 0 fully saturated rings. The molecule has 6 heteroatoms. The van der Waals surface area contributed by atoms with E-state index in [2.05, 4.69) is 0 Å². The monoisotopic (exact) mass is 352 g/mol. The molecule has 2 rings (SSSR count). The third-order valence-corrected chi connectivity index (χ3v) is 3.38. The van der Waals surface area contributed by atoms with Crippen LogP contribution in [0.25, 0.3) is 0 Å². The van der Waals surface area contributed by atoms with Crippen molar-refractivity contribution in [2.24, 2.45) is 5.73 Å². The van der Waals surface area contributed by atoms with Crippen molar-refractivity contribution in [3.63, 3.8) is 0 Å². The van der Waals surface area contributed by atoms with Gasteiger partial charge in [0.1, 0.15) is 11.6 Å². The second kappa shape index (κ2) is 10.6. The molecular formula is C18H22ClFN2O2. The van der Waals surface area contributed by atoms with E-state index in [9.17, 15) is 9.18 Å². The maximum absolute atomic E-state index is 12.9. The molecule has 0 radical (unpaired) electrons. The predicted octanol–water partition coefficient (Wildman–Crippen LogP) is 3.00. The number of hydrogen-bond acceptors (Lipinski definition) is 3. The minimum absolute atomic E-state index is 0. The highest BCUT2D eigenvalue weighted by molar-refractivity contribution is 5.85. The number of benzene rings is 2. The first kappa shape index (κ1) is 19.9. The number of halogens is 2. The van der Waals surface area contributed by atoms with Gasteiger partial charge in [-0.25, -0.2) is 4.39 Å². The smallest absolute Gasteiger partial charge is 0.260 e. The van der Waals surface area contributed by atoms with Crippen LogP contribution >= 0.6 is 12.4 Å². The Balaban J connectivity index is 0.00000288. The number of carbonyl (C=O) groups excluding carboxylic acids is 1. The summed E-state index contributed by atoms with van der Waals surface area (Å²) in [7, 11) is 0. The molecule has 0 heterocycles. The summed E-state index contributed by atoms with van der Waals surface area (Å²) < 4.78 is 18.3. The van der Waals surface area contributed by atoms with Crippen LogP contribution in [-0.4, -0.2) is 30.5 Å². The fraction of sp³-hybridized carbons (Fsp3) is 0.278. The maximum atomic E-state index is 12.9. The van der Waals surface area contributed by atoms with E-state index in [-0.39, 0.29) is 30.7 Å². The van der Waals surface area contributed by atoms with E-state index in [0.717, 1.165) is 12.0 Å². The first-order valence-electron chi connectivity index (χ1n) is 7.59. The van der Waals surface area contributed by atoms with Gasteiger partial charge in [-0.05, 0) is 42.8 Å².